The maximum atomic E-state index is 5.90. The fourth-order valence-electron chi connectivity index (χ4n) is 1.57. The van der Waals surface area contributed by atoms with Gasteiger partial charge in [-0.1, -0.05) is 19.1 Å². The summed E-state index contributed by atoms with van der Waals surface area (Å²) < 4.78 is 0. The smallest absolute Gasteiger partial charge is 0.185 e. The number of fused-ring (bicyclic) bond motifs is 1. The number of benzene rings is 1. The minimum absolute atomic E-state index is 0.0313. The molecule has 0 unspecified atom stereocenters. The summed E-state index contributed by atoms with van der Waals surface area (Å²) in [7, 11) is 0. The van der Waals surface area contributed by atoms with Crippen LogP contribution in [0.3, 0.4) is 0 Å². The minimum atomic E-state index is -0.0313. The van der Waals surface area contributed by atoms with E-state index >= 15 is 0 Å². The van der Waals surface area contributed by atoms with Gasteiger partial charge in [0.05, 0.1) is 11.2 Å². The van der Waals surface area contributed by atoms with Crippen LogP contribution in [-0.4, -0.2) is 10.6 Å². The van der Waals surface area contributed by atoms with Crippen molar-refractivity contribution < 1.29 is 4.84 Å². The molecular weight excluding hydrogens is 200 g/mol. The van der Waals surface area contributed by atoms with Gasteiger partial charge in [-0.2, -0.15) is 0 Å². The van der Waals surface area contributed by atoms with Gasteiger partial charge in [0.2, 0.25) is 0 Å². The minimum Gasteiger partial charge on any atom is -0.396 e. The van der Waals surface area contributed by atoms with Crippen molar-refractivity contribution in [3.05, 3.63) is 30.0 Å². The van der Waals surface area contributed by atoms with Crippen LogP contribution in [0, 0.1) is 0 Å². The molecule has 1 aliphatic heterocycles. The molecule has 0 aromatic heterocycles. The molecule has 86 valence electrons. The molecule has 0 saturated heterocycles. The van der Waals surface area contributed by atoms with Crippen LogP contribution in [0.1, 0.15) is 32.8 Å². The molecule has 0 amide bonds. The molecule has 0 bridgehead atoms. The summed E-state index contributed by atoms with van der Waals surface area (Å²) in [6.07, 6.45) is 5.00. The number of nitrogens with zero attached hydrogens (tertiary/aromatic N) is 1. The summed E-state index contributed by atoms with van der Waals surface area (Å²) in [6, 6.07) is 5.79. The number of anilines is 1. The lowest BCUT2D eigenvalue weighted by Crippen LogP contribution is -2.43. The topological polar surface area (TPSA) is 38.5 Å². The monoisotopic (exact) mass is 218 g/mol. The third-order valence-corrected chi connectivity index (χ3v) is 3.12. The second kappa shape index (κ2) is 3.74. The second-order valence-electron chi connectivity index (χ2n) is 4.66. The van der Waals surface area contributed by atoms with E-state index in [4.69, 9.17) is 10.6 Å². The van der Waals surface area contributed by atoms with Crippen molar-refractivity contribution in [3.63, 3.8) is 0 Å². The molecule has 0 atom stereocenters. The molecule has 3 nitrogen and oxygen atoms in total. The SMILES string of the molecule is CCC(C)(C)N1C=Cc2cccc(N)c2O1. The fourth-order valence-corrected chi connectivity index (χ4v) is 1.57. The van der Waals surface area contributed by atoms with Gasteiger partial charge in [-0.3, -0.25) is 0 Å². The zero-order valence-electron chi connectivity index (χ0n) is 10.0. The van der Waals surface area contributed by atoms with E-state index in [1.165, 1.54) is 0 Å². The Morgan fingerprint density at radius 3 is 2.81 bits per heavy atom. The van der Waals surface area contributed by atoms with Crippen molar-refractivity contribution in [3.8, 4) is 5.75 Å². The van der Waals surface area contributed by atoms with Crippen LogP contribution in [0.15, 0.2) is 24.4 Å². The highest BCUT2D eigenvalue weighted by atomic mass is 16.7. The Labute approximate surface area is 96.5 Å². The number of nitrogens with two attached hydrogens (primary N) is 1. The second-order valence-corrected chi connectivity index (χ2v) is 4.66. The molecule has 0 fully saturated rings. The molecule has 0 radical (unpaired) electrons. The van der Waals surface area contributed by atoms with Crippen LogP contribution in [0.5, 0.6) is 5.75 Å². The molecule has 2 rings (SSSR count). The average Bonchev–Trinajstić information content (AvgIpc) is 2.29. The van der Waals surface area contributed by atoms with Crippen molar-refractivity contribution in [1.29, 1.82) is 0 Å². The Hall–Kier alpha value is -1.64. The molecule has 1 heterocycles. The van der Waals surface area contributed by atoms with Crippen molar-refractivity contribution in [1.82, 2.24) is 5.06 Å². The Morgan fingerprint density at radius 2 is 2.12 bits per heavy atom. The standard InChI is InChI=1S/C13H18N2O/c1-4-13(2,3)15-9-8-10-6-5-7-11(14)12(10)16-15/h5-9H,4,14H2,1-3H3. The van der Waals surface area contributed by atoms with Crippen molar-refractivity contribution in [2.75, 3.05) is 5.73 Å². The Morgan fingerprint density at radius 1 is 1.38 bits per heavy atom. The summed E-state index contributed by atoms with van der Waals surface area (Å²) in [5.74, 6) is 0.756. The third-order valence-electron chi connectivity index (χ3n) is 3.12. The van der Waals surface area contributed by atoms with Gasteiger partial charge in [0.1, 0.15) is 0 Å². The average molecular weight is 218 g/mol. The lowest BCUT2D eigenvalue weighted by atomic mass is 10.0. The van der Waals surface area contributed by atoms with E-state index in [1.54, 1.807) is 0 Å². The zero-order valence-corrected chi connectivity index (χ0v) is 10.0. The lowest BCUT2D eigenvalue weighted by Gasteiger charge is -2.38. The summed E-state index contributed by atoms with van der Waals surface area (Å²) in [5, 5.41) is 1.87. The highest BCUT2D eigenvalue weighted by molar-refractivity contribution is 5.68. The molecule has 1 aliphatic rings. The molecule has 1 aromatic rings. The quantitative estimate of drug-likeness (QED) is 0.775. The number of para-hydroxylation sites is 1. The molecule has 0 aliphatic carbocycles. The number of rotatable bonds is 2. The van der Waals surface area contributed by atoms with Gasteiger partial charge in [-0.15, -0.1) is 0 Å². The van der Waals surface area contributed by atoms with E-state index in [0.29, 0.717) is 5.69 Å². The first-order valence-electron chi connectivity index (χ1n) is 5.58. The molecule has 3 heteroatoms. The van der Waals surface area contributed by atoms with E-state index in [9.17, 15) is 0 Å². The number of hydrogen-bond acceptors (Lipinski definition) is 3. The van der Waals surface area contributed by atoms with Crippen LogP contribution in [0.4, 0.5) is 5.69 Å². The molecule has 2 N–H and O–H groups in total. The van der Waals surface area contributed by atoms with Crippen molar-refractivity contribution in [2.24, 2.45) is 0 Å². The molecule has 1 aromatic carbocycles. The van der Waals surface area contributed by atoms with Crippen LogP contribution in [0.25, 0.3) is 6.08 Å². The van der Waals surface area contributed by atoms with Crippen LogP contribution in [0.2, 0.25) is 0 Å². The first-order valence-corrected chi connectivity index (χ1v) is 5.58. The predicted octanol–water partition coefficient (Wildman–Crippen LogP) is 3.04. The third kappa shape index (κ3) is 1.73. The van der Waals surface area contributed by atoms with Gasteiger partial charge in [-0.05, 0) is 32.4 Å². The van der Waals surface area contributed by atoms with Crippen LogP contribution in [-0.2, 0) is 0 Å². The van der Waals surface area contributed by atoms with Gasteiger partial charge in [-0.25, -0.2) is 5.06 Å². The fraction of sp³-hybridized carbons (Fsp3) is 0.385. The highest BCUT2D eigenvalue weighted by Gasteiger charge is 2.27. The Kier molecular flexibility index (Phi) is 2.54. The molecule has 16 heavy (non-hydrogen) atoms. The summed E-state index contributed by atoms with van der Waals surface area (Å²) in [5.41, 5.74) is 7.58. The zero-order chi connectivity index (χ0) is 11.8. The number of hydrogen-bond donors (Lipinski definition) is 1. The maximum absolute atomic E-state index is 5.90. The van der Waals surface area contributed by atoms with E-state index in [2.05, 4.69) is 20.8 Å². The normalized spacial score (nSPS) is 14.6. The number of hydroxylamine groups is 2. The highest BCUT2D eigenvalue weighted by Crippen LogP contribution is 2.34. The lowest BCUT2D eigenvalue weighted by molar-refractivity contribution is -0.0896. The molecule has 0 saturated carbocycles. The first-order chi connectivity index (χ1) is 7.54. The van der Waals surface area contributed by atoms with E-state index in [0.717, 1.165) is 17.7 Å². The van der Waals surface area contributed by atoms with E-state index in [1.807, 2.05) is 35.5 Å². The predicted molar refractivity (Wildman–Crippen MR) is 66.7 cm³/mol. The summed E-state index contributed by atoms with van der Waals surface area (Å²) in [6.45, 7) is 6.42. The summed E-state index contributed by atoms with van der Waals surface area (Å²) >= 11 is 0. The Balaban J connectivity index is 2.34. The molecular formula is C13H18N2O. The van der Waals surface area contributed by atoms with Gasteiger partial charge in [0.15, 0.2) is 5.75 Å². The Bertz CT molecular complexity index is 424. The van der Waals surface area contributed by atoms with E-state index < -0.39 is 0 Å². The van der Waals surface area contributed by atoms with Gasteiger partial charge < -0.3 is 10.6 Å². The number of nitrogen functional groups attached to an aromatic ring is 1. The summed E-state index contributed by atoms with van der Waals surface area (Å²) in [4.78, 5) is 5.84. The molecule has 0 spiro atoms. The van der Waals surface area contributed by atoms with E-state index in [-0.39, 0.29) is 5.54 Å². The first kappa shape index (κ1) is 10.9. The largest absolute Gasteiger partial charge is 0.396 e. The van der Waals surface area contributed by atoms with Gasteiger partial charge in [0.25, 0.3) is 0 Å². The van der Waals surface area contributed by atoms with Crippen LogP contribution < -0.4 is 10.6 Å². The van der Waals surface area contributed by atoms with Crippen molar-refractivity contribution in [2.45, 2.75) is 32.7 Å². The van der Waals surface area contributed by atoms with Crippen LogP contribution >= 0.6 is 0 Å². The van der Waals surface area contributed by atoms with Crippen molar-refractivity contribution >= 4 is 11.8 Å². The maximum Gasteiger partial charge on any atom is 0.185 e. The van der Waals surface area contributed by atoms with Gasteiger partial charge >= 0.3 is 0 Å². The van der Waals surface area contributed by atoms with Gasteiger partial charge in [0, 0.05) is 11.8 Å².